The fraction of sp³-hybridized carbons (Fsp3) is 1.00. The van der Waals surface area contributed by atoms with Gasteiger partial charge in [-0.2, -0.15) is 0 Å². The van der Waals surface area contributed by atoms with E-state index in [2.05, 4.69) is 15.9 Å². The van der Waals surface area contributed by atoms with Crippen molar-refractivity contribution >= 4 is 25.8 Å². The highest BCUT2D eigenvalue weighted by Crippen LogP contribution is 2.29. The van der Waals surface area contributed by atoms with Gasteiger partial charge in [0.1, 0.15) is 0 Å². The summed E-state index contributed by atoms with van der Waals surface area (Å²) in [6.07, 6.45) is 2.65. The molecule has 18 heavy (non-hydrogen) atoms. The zero-order valence-electron chi connectivity index (χ0n) is 10.9. The lowest BCUT2D eigenvalue weighted by atomic mass is 9.91. The molecule has 1 heterocycles. The van der Waals surface area contributed by atoms with Gasteiger partial charge in [-0.05, 0) is 31.1 Å². The van der Waals surface area contributed by atoms with E-state index in [1.54, 1.807) is 7.11 Å². The van der Waals surface area contributed by atoms with Crippen molar-refractivity contribution in [3.63, 3.8) is 0 Å². The molecule has 6 heteroatoms. The van der Waals surface area contributed by atoms with E-state index >= 15 is 0 Å². The molecular formula is C12H23BrO4S. The van der Waals surface area contributed by atoms with Crippen LogP contribution >= 0.6 is 15.9 Å². The first kappa shape index (κ1) is 16.4. The number of halogens is 1. The Morgan fingerprint density at radius 1 is 1.33 bits per heavy atom. The molecule has 4 nitrogen and oxygen atoms in total. The molecule has 2 unspecified atom stereocenters. The maximum absolute atomic E-state index is 11.4. The van der Waals surface area contributed by atoms with Crippen LogP contribution in [0.4, 0.5) is 0 Å². The SMILES string of the molecule is COCCCOCCC(CBr)C1CCS(=O)(=O)C1. The van der Waals surface area contributed by atoms with E-state index in [4.69, 9.17) is 9.47 Å². The molecular weight excluding hydrogens is 320 g/mol. The summed E-state index contributed by atoms with van der Waals surface area (Å²) in [7, 11) is -1.09. The van der Waals surface area contributed by atoms with Gasteiger partial charge >= 0.3 is 0 Å². The van der Waals surface area contributed by atoms with Crippen LogP contribution in [0.3, 0.4) is 0 Å². The van der Waals surface area contributed by atoms with E-state index in [0.29, 0.717) is 36.6 Å². The first-order chi connectivity index (χ1) is 8.59. The van der Waals surface area contributed by atoms with Gasteiger partial charge in [-0.15, -0.1) is 0 Å². The highest BCUT2D eigenvalue weighted by molar-refractivity contribution is 9.09. The summed E-state index contributed by atoms with van der Waals surface area (Å²) in [5, 5.41) is 0.856. The van der Waals surface area contributed by atoms with Crippen molar-refractivity contribution in [1.82, 2.24) is 0 Å². The summed E-state index contributed by atoms with van der Waals surface area (Å²) in [5.74, 6) is 1.42. The molecule has 0 aromatic rings. The lowest BCUT2D eigenvalue weighted by molar-refractivity contribution is 0.0913. The Morgan fingerprint density at radius 3 is 2.67 bits per heavy atom. The molecule has 0 amide bonds. The Labute approximate surface area is 118 Å². The van der Waals surface area contributed by atoms with Crippen LogP contribution in [0, 0.1) is 11.8 Å². The van der Waals surface area contributed by atoms with Crippen molar-refractivity contribution in [2.75, 3.05) is 43.8 Å². The predicted molar refractivity (Wildman–Crippen MR) is 76.0 cm³/mol. The second kappa shape index (κ2) is 8.51. The molecule has 1 saturated heterocycles. The number of rotatable bonds is 9. The van der Waals surface area contributed by atoms with Gasteiger partial charge < -0.3 is 9.47 Å². The molecule has 1 fully saturated rings. The van der Waals surface area contributed by atoms with E-state index < -0.39 is 9.84 Å². The molecule has 1 rings (SSSR count). The zero-order chi connectivity index (χ0) is 13.4. The van der Waals surface area contributed by atoms with Crippen molar-refractivity contribution in [2.24, 2.45) is 11.8 Å². The van der Waals surface area contributed by atoms with Crippen molar-refractivity contribution in [3.8, 4) is 0 Å². The molecule has 0 bridgehead atoms. The number of hydrogen-bond donors (Lipinski definition) is 0. The third kappa shape index (κ3) is 5.99. The number of alkyl halides is 1. The Kier molecular flexibility index (Phi) is 7.75. The van der Waals surface area contributed by atoms with Gasteiger partial charge in [-0.1, -0.05) is 15.9 Å². The van der Waals surface area contributed by atoms with Gasteiger partial charge in [0.25, 0.3) is 0 Å². The Hall–Kier alpha value is 0.350. The van der Waals surface area contributed by atoms with E-state index in [1.807, 2.05) is 0 Å². The maximum atomic E-state index is 11.4. The van der Waals surface area contributed by atoms with Crippen LogP contribution in [-0.4, -0.2) is 52.2 Å². The quantitative estimate of drug-likeness (QED) is 0.474. The number of methoxy groups -OCH3 is 1. The van der Waals surface area contributed by atoms with E-state index in [1.165, 1.54) is 0 Å². The molecule has 0 radical (unpaired) electrons. The molecule has 0 aromatic carbocycles. The molecule has 0 aliphatic carbocycles. The molecule has 0 saturated carbocycles. The highest BCUT2D eigenvalue weighted by Gasteiger charge is 2.32. The number of sulfone groups is 1. The second-order valence-corrected chi connectivity index (χ2v) is 7.70. The minimum atomic E-state index is -2.77. The van der Waals surface area contributed by atoms with Crippen LogP contribution < -0.4 is 0 Å². The molecule has 108 valence electrons. The van der Waals surface area contributed by atoms with Gasteiger partial charge in [0.2, 0.25) is 0 Å². The monoisotopic (exact) mass is 342 g/mol. The predicted octanol–water partition coefficient (Wildman–Crippen LogP) is 1.88. The topological polar surface area (TPSA) is 52.6 Å². The minimum absolute atomic E-state index is 0.303. The zero-order valence-corrected chi connectivity index (χ0v) is 13.3. The minimum Gasteiger partial charge on any atom is -0.385 e. The third-order valence-electron chi connectivity index (χ3n) is 3.40. The first-order valence-corrected chi connectivity index (χ1v) is 9.36. The van der Waals surface area contributed by atoms with Gasteiger partial charge in [-0.3, -0.25) is 0 Å². The largest absolute Gasteiger partial charge is 0.385 e. The van der Waals surface area contributed by atoms with Gasteiger partial charge in [0.15, 0.2) is 9.84 Å². The lowest BCUT2D eigenvalue weighted by Gasteiger charge is -2.20. The summed E-state index contributed by atoms with van der Waals surface area (Å²) in [5.41, 5.74) is 0. The van der Waals surface area contributed by atoms with Crippen LogP contribution in [0.1, 0.15) is 19.3 Å². The molecule has 2 atom stereocenters. The molecule has 0 N–H and O–H groups in total. The van der Waals surface area contributed by atoms with Crippen LogP contribution in [-0.2, 0) is 19.3 Å². The second-order valence-electron chi connectivity index (χ2n) is 4.82. The Balaban J connectivity index is 2.18. The summed E-state index contributed by atoms with van der Waals surface area (Å²) < 4.78 is 33.4. The molecule has 0 spiro atoms. The summed E-state index contributed by atoms with van der Waals surface area (Å²) in [6.45, 7) is 2.14. The van der Waals surface area contributed by atoms with Gasteiger partial charge in [0.05, 0.1) is 11.5 Å². The summed E-state index contributed by atoms with van der Waals surface area (Å²) in [4.78, 5) is 0. The lowest BCUT2D eigenvalue weighted by Crippen LogP contribution is -2.19. The van der Waals surface area contributed by atoms with Crippen molar-refractivity contribution in [2.45, 2.75) is 19.3 Å². The number of ether oxygens (including phenoxy) is 2. The average Bonchev–Trinajstić information content (AvgIpc) is 2.69. The van der Waals surface area contributed by atoms with Crippen LogP contribution in [0.2, 0.25) is 0 Å². The van der Waals surface area contributed by atoms with Crippen LogP contribution in [0.15, 0.2) is 0 Å². The maximum Gasteiger partial charge on any atom is 0.150 e. The summed E-state index contributed by atoms with van der Waals surface area (Å²) in [6, 6.07) is 0. The third-order valence-corrected chi connectivity index (χ3v) is 6.03. The highest BCUT2D eigenvalue weighted by atomic mass is 79.9. The standard InChI is InChI=1S/C12H23BrO4S/c1-16-5-2-6-17-7-3-11(9-13)12-4-8-18(14,15)10-12/h11-12H,2-10H2,1H3. The average molecular weight is 343 g/mol. The molecule has 1 aliphatic rings. The van der Waals surface area contributed by atoms with Crippen molar-refractivity contribution in [3.05, 3.63) is 0 Å². The van der Waals surface area contributed by atoms with Crippen LogP contribution in [0.25, 0.3) is 0 Å². The van der Waals surface area contributed by atoms with Crippen molar-refractivity contribution < 1.29 is 17.9 Å². The van der Waals surface area contributed by atoms with E-state index in [0.717, 1.165) is 31.2 Å². The normalized spacial score (nSPS) is 24.2. The Morgan fingerprint density at radius 2 is 2.11 bits per heavy atom. The Bertz CT molecular complexity index is 318. The fourth-order valence-corrected chi connectivity index (χ4v) is 5.05. The molecule has 1 aliphatic heterocycles. The summed E-state index contributed by atoms with van der Waals surface area (Å²) >= 11 is 3.49. The fourth-order valence-electron chi connectivity index (χ4n) is 2.28. The molecule has 0 aromatic heterocycles. The van der Waals surface area contributed by atoms with E-state index in [9.17, 15) is 8.42 Å². The van der Waals surface area contributed by atoms with Crippen LogP contribution in [0.5, 0.6) is 0 Å². The van der Waals surface area contributed by atoms with Gasteiger partial charge in [0, 0.05) is 32.3 Å². The van der Waals surface area contributed by atoms with Gasteiger partial charge in [-0.25, -0.2) is 8.42 Å². The van der Waals surface area contributed by atoms with E-state index in [-0.39, 0.29) is 0 Å². The first-order valence-electron chi connectivity index (χ1n) is 6.42. The number of hydrogen-bond acceptors (Lipinski definition) is 4. The van der Waals surface area contributed by atoms with Crippen molar-refractivity contribution in [1.29, 1.82) is 0 Å². The smallest absolute Gasteiger partial charge is 0.150 e.